The molecule has 2 aromatic heterocycles. The first-order valence-corrected chi connectivity index (χ1v) is 5.95. The highest BCUT2D eigenvalue weighted by Crippen LogP contribution is 2.24. The van der Waals surface area contributed by atoms with E-state index in [1.54, 1.807) is 0 Å². The van der Waals surface area contributed by atoms with Gasteiger partial charge in [0.1, 0.15) is 12.1 Å². The topological polar surface area (TPSA) is 88.6 Å². The van der Waals surface area contributed by atoms with Crippen molar-refractivity contribution in [3.8, 4) is 11.6 Å². The number of H-pyrrole nitrogens is 1. The van der Waals surface area contributed by atoms with Gasteiger partial charge in [0.05, 0.1) is 18.9 Å². The Morgan fingerprint density at radius 1 is 1.44 bits per heavy atom. The van der Waals surface area contributed by atoms with Gasteiger partial charge in [-0.25, -0.2) is 15.0 Å². The largest absolute Gasteiger partial charge is 0.376 e. The van der Waals surface area contributed by atoms with Crippen LogP contribution in [0.25, 0.3) is 11.6 Å². The smallest absolute Gasteiger partial charge is 0.199 e. The maximum Gasteiger partial charge on any atom is 0.199 e. The van der Waals surface area contributed by atoms with Crippen molar-refractivity contribution in [2.24, 2.45) is 0 Å². The molecule has 1 aliphatic heterocycles. The Balaban J connectivity index is 2.09. The van der Waals surface area contributed by atoms with E-state index < -0.39 is 0 Å². The second-order valence-electron chi connectivity index (χ2n) is 3.99. The third kappa shape index (κ3) is 1.92. The molecule has 7 heteroatoms. The molecule has 0 bridgehead atoms. The van der Waals surface area contributed by atoms with Gasteiger partial charge in [0, 0.05) is 18.5 Å². The lowest BCUT2D eigenvalue weighted by molar-refractivity contribution is 0.109. The maximum atomic E-state index is 5.46. The highest BCUT2D eigenvalue weighted by atomic mass is 16.5. The molecule has 0 amide bonds. The summed E-state index contributed by atoms with van der Waals surface area (Å²) in [7, 11) is 0. The van der Waals surface area contributed by atoms with Gasteiger partial charge in [0.15, 0.2) is 11.6 Å². The minimum Gasteiger partial charge on any atom is -0.376 e. The van der Waals surface area contributed by atoms with Crippen LogP contribution in [0, 0.1) is 0 Å². The van der Waals surface area contributed by atoms with Crippen LogP contribution in [-0.2, 0) is 17.8 Å². The van der Waals surface area contributed by atoms with Crippen molar-refractivity contribution >= 4 is 5.82 Å². The van der Waals surface area contributed by atoms with E-state index in [2.05, 4.69) is 30.5 Å². The van der Waals surface area contributed by atoms with Crippen molar-refractivity contribution in [3.63, 3.8) is 0 Å². The molecule has 0 aliphatic carbocycles. The van der Waals surface area contributed by atoms with Crippen molar-refractivity contribution in [3.05, 3.63) is 17.6 Å². The van der Waals surface area contributed by atoms with Gasteiger partial charge in [0.2, 0.25) is 0 Å². The second-order valence-corrected chi connectivity index (χ2v) is 3.99. The molecule has 0 aromatic carbocycles. The summed E-state index contributed by atoms with van der Waals surface area (Å²) >= 11 is 0. The predicted molar refractivity (Wildman–Crippen MR) is 64.9 cm³/mol. The fraction of sp³-hybridized carbons (Fsp3) is 0.455. The molecule has 0 atom stereocenters. The molecular weight excluding hydrogens is 232 g/mol. The molecule has 0 unspecified atom stereocenters. The highest BCUT2D eigenvalue weighted by Gasteiger charge is 2.19. The monoisotopic (exact) mass is 246 g/mol. The zero-order valence-electron chi connectivity index (χ0n) is 10.1. The Hall–Kier alpha value is -2.02. The van der Waals surface area contributed by atoms with E-state index in [0.717, 1.165) is 30.0 Å². The fourth-order valence-corrected chi connectivity index (χ4v) is 1.96. The molecule has 3 heterocycles. The van der Waals surface area contributed by atoms with Gasteiger partial charge in [0.25, 0.3) is 0 Å². The van der Waals surface area contributed by atoms with E-state index in [0.29, 0.717) is 24.9 Å². The number of ether oxygens (including phenoxy) is 1. The minimum absolute atomic E-state index is 0.564. The van der Waals surface area contributed by atoms with E-state index in [1.807, 2.05) is 6.92 Å². The molecule has 94 valence electrons. The van der Waals surface area contributed by atoms with E-state index in [-0.39, 0.29) is 0 Å². The van der Waals surface area contributed by atoms with Crippen LogP contribution < -0.4 is 5.32 Å². The van der Waals surface area contributed by atoms with Gasteiger partial charge < -0.3 is 10.1 Å². The van der Waals surface area contributed by atoms with Crippen LogP contribution in [0.2, 0.25) is 0 Å². The fourth-order valence-electron chi connectivity index (χ4n) is 1.96. The van der Waals surface area contributed by atoms with E-state index in [4.69, 9.17) is 4.74 Å². The Morgan fingerprint density at radius 2 is 2.39 bits per heavy atom. The lowest BCUT2D eigenvalue weighted by Gasteiger charge is -2.19. The average Bonchev–Trinajstić information content (AvgIpc) is 2.93. The van der Waals surface area contributed by atoms with Crippen molar-refractivity contribution in [1.82, 2.24) is 25.1 Å². The Bertz CT molecular complexity index is 539. The third-order valence-electron chi connectivity index (χ3n) is 2.79. The zero-order chi connectivity index (χ0) is 12.4. The van der Waals surface area contributed by atoms with Crippen LogP contribution >= 0.6 is 0 Å². The molecule has 0 radical (unpaired) electrons. The third-order valence-corrected chi connectivity index (χ3v) is 2.79. The number of nitrogens with zero attached hydrogens (tertiary/aromatic N) is 4. The van der Waals surface area contributed by atoms with Crippen molar-refractivity contribution in [2.45, 2.75) is 20.0 Å². The predicted octanol–water partition coefficient (Wildman–Crippen LogP) is 0.766. The summed E-state index contributed by atoms with van der Waals surface area (Å²) in [5.74, 6) is 1.99. The van der Waals surface area contributed by atoms with Gasteiger partial charge in [-0.3, -0.25) is 5.10 Å². The van der Waals surface area contributed by atoms with E-state index in [9.17, 15) is 0 Å². The molecule has 0 saturated heterocycles. The lowest BCUT2D eigenvalue weighted by atomic mass is 10.1. The number of fused-ring (bicyclic) bond motifs is 1. The summed E-state index contributed by atoms with van der Waals surface area (Å²) in [5, 5.41) is 9.85. The first kappa shape index (κ1) is 11.1. The highest BCUT2D eigenvalue weighted by molar-refractivity contribution is 5.54. The van der Waals surface area contributed by atoms with Gasteiger partial charge >= 0.3 is 0 Å². The summed E-state index contributed by atoms with van der Waals surface area (Å²) < 4.78 is 5.46. The summed E-state index contributed by atoms with van der Waals surface area (Å²) in [6.07, 6.45) is 2.26. The summed E-state index contributed by atoms with van der Waals surface area (Å²) in [6, 6.07) is 0. The van der Waals surface area contributed by atoms with Crippen LogP contribution in [0.1, 0.15) is 18.2 Å². The summed E-state index contributed by atoms with van der Waals surface area (Å²) in [4.78, 5) is 13.1. The Morgan fingerprint density at radius 3 is 3.17 bits per heavy atom. The number of nitrogens with one attached hydrogen (secondary N) is 2. The van der Waals surface area contributed by atoms with Crippen molar-refractivity contribution < 1.29 is 4.74 Å². The normalized spacial score (nSPS) is 14.3. The Kier molecular flexibility index (Phi) is 2.89. The standard InChI is InChI=1S/C11H14N6O/c1-2-12-9-7-5-18-4-3-8(7)15-11(16-9)10-13-6-14-17-10/h6H,2-5H2,1H3,(H,12,15,16)(H,13,14,17). The van der Waals surface area contributed by atoms with Crippen LogP contribution in [0.15, 0.2) is 6.33 Å². The SMILES string of the molecule is CCNc1nc(-c2ncn[nH]2)nc2c1COCC2. The second kappa shape index (κ2) is 4.69. The number of aromatic amines is 1. The zero-order valence-corrected chi connectivity index (χ0v) is 10.1. The van der Waals surface area contributed by atoms with Crippen molar-refractivity contribution in [1.29, 1.82) is 0 Å². The van der Waals surface area contributed by atoms with Gasteiger partial charge in [-0.15, -0.1) is 0 Å². The van der Waals surface area contributed by atoms with Gasteiger partial charge in [-0.05, 0) is 6.92 Å². The van der Waals surface area contributed by atoms with Gasteiger partial charge in [-0.1, -0.05) is 0 Å². The quantitative estimate of drug-likeness (QED) is 0.831. The number of aromatic nitrogens is 5. The Labute approximate surface area is 104 Å². The summed E-state index contributed by atoms with van der Waals surface area (Å²) in [6.45, 7) is 4.10. The number of hydrogen-bond acceptors (Lipinski definition) is 6. The summed E-state index contributed by atoms with van der Waals surface area (Å²) in [5.41, 5.74) is 2.07. The van der Waals surface area contributed by atoms with Crippen LogP contribution in [0.4, 0.5) is 5.82 Å². The first-order chi connectivity index (χ1) is 8.88. The van der Waals surface area contributed by atoms with Crippen molar-refractivity contribution in [2.75, 3.05) is 18.5 Å². The minimum atomic E-state index is 0.564. The molecule has 0 spiro atoms. The molecular formula is C11H14N6O. The lowest BCUT2D eigenvalue weighted by Crippen LogP contribution is -2.17. The number of hydrogen-bond donors (Lipinski definition) is 2. The van der Waals surface area contributed by atoms with Gasteiger partial charge in [-0.2, -0.15) is 5.10 Å². The van der Waals surface area contributed by atoms with E-state index >= 15 is 0 Å². The molecule has 1 aliphatic rings. The molecule has 7 nitrogen and oxygen atoms in total. The number of rotatable bonds is 3. The molecule has 0 fully saturated rings. The van der Waals surface area contributed by atoms with Crippen LogP contribution in [0.3, 0.4) is 0 Å². The molecule has 2 N–H and O–H groups in total. The molecule has 2 aromatic rings. The maximum absolute atomic E-state index is 5.46. The van der Waals surface area contributed by atoms with E-state index in [1.165, 1.54) is 6.33 Å². The molecule has 0 saturated carbocycles. The average molecular weight is 246 g/mol. The number of anilines is 1. The van der Waals surface area contributed by atoms with Crippen LogP contribution in [0.5, 0.6) is 0 Å². The van der Waals surface area contributed by atoms with Crippen LogP contribution in [-0.4, -0.2) is 38.3 Å². The first-order valence-electron chi connectivity index (χ1n) is 5.95. The molecule has 3 rings (SSSR count). The molecule has 18 heavy (non-hydrogen) atoms.